The Morgan fingerprint density at radius 2 is 2.22 bits per heavy atom. The molecule has 1 unspecified atom stereocenters. The zero-order valence-corrected chi connectivity index (χ0v) is 9.60. The number of aromatic nitrogens is 1. The predicted molar refractivity (Wildman–Crippen MR) is 60.4 cm³/mol. The number of aliphatic carboxylic acids is 1. The summed E-state index contributed by atoms with van der Waals surface area (Å²) >= 11 is 0. The van der Waals surface area contributed by atoms with Crippen LogP contribution in [-0.4, -0.2) is 28.0 Å². The quantitative estimate of drug-likeness (QED) is 0.772. The highest BCUT2D eigenvalue weighted by molar-refractivity contribution is 5.92. The molecule has 0 spiro atoms. The number of carboxylic acids is 1. The lowest BCUT2D eigenvalue weighted by molar-refractivity contribution is -0.137. The number of nitrogens with zero attached hydrogens (tertiary/aromatic N) is 1. The van der Waals surface area contributed by atoms with Crippen molar-refractivity contribution in [3.8, 4) is 0 Å². The third kappa shape index (κ3) is 3.26. The smallest absolute Gasteiger partial charge is 0.305 e. The fourth-order valence-corrected chi connectivity index (χ4v) is 1.80. The summed E-state index contributed by atoms with van der Waals surface area (Å²) in [5.41, 5.74) is -0.0361. The first-order chi connectivity index (χ1) is 8.56. The predicted octanol–water partition coefficient (Wildman–Crippen LogP) is 1.20. The van der Waals surface area contributed by atoms with Gasteiger partial charge in [0, 0.05) is 6.04 Å². The lowest BCUT2D eigenvalue weighted by Crippen LogP contribution is -2.38. The van der Waals surface area contributed by atoms with Gasteiger partial charge in [-0.2, -0.15) is 4.39 Å². The van der Waals surface area contributed by atoms with Gasteiger partial charge in [-0.15, -0.1) is 0 Å². The van der Waals surface area contributed by atoms with E-state index in [2.05, 4.69) is 10.3 Å². The summed E-state index contributed by atoms with van der Waals surface area (Å²) in [6, 6.07) is 3.52. The number of rotatable bonds is 5. The van der Waals surface area contributed by atoms with Gasteiger partial charge in [-0.05, 0) is 30.9 Å². The Morgan fingerprint density at radius 1 is 1.50 bits per heavy atom. The Bertz CT molecular complexity index is 474. The highest BCUT2D eigenvalue weighted by Crippen LogP contribution is 2.34. The van der Waals surface area contributed by atoms with Gasteiger partial charge in [-0.25, -0.2) is 4.98 Å². The molecule has 1 aliphatic carbocycles. The second kappa shape index (κ2) is 5.12. The van der Waals surface area contributed by atoms with Crippen molar-refractivity contribution in [1.29, 1.82) is 0 Å². The Hall–Kier alpha value is -1.98. The number of pyridine rings is 1. The fourth-order valence-electron chi connectivity index (χ4n) is 1.80. The zero-order valence-electron chi connectivity index (χ0n) is 9.60. The Labute approximate surface area is 103 Å². The Balaban J connectivity index is 2.02. The molecule has 1 atom stereocenters. The van der Waals surface area contributed by atoms with Crippen molar-refractivity contribution in [1.82, 2.24) is 10.3 Å². The van der Waals surface area contributed by atoms with E-state index in [0.717, 1.165) is 18.9 Å². The summed E-state index contributed by atoms with van der Waals surface area (Å²) in [6.07, 6.45) is 1.70. The van der Waals surface area contributed by atoms with E-state index >= 15 is 0 Å². The molecule has 1 fully saturated rings. The van der Waals surface area contributed by atoms with Crippen LogP contribution >= 0.6 is 0 Å². The highest BCUT2D eigenvalue weighted by atomic mass is 19.1. The second-order valence-electron chi connectivity index (χ2n) is 4.36. The van der Waals surface area contributed by atoms with E-state index in [0.29, 0.717) is 0 Å². The number of hydrogen-bond acceptors (Lipinski definition) is 3. The maximum absolute atomic E-state index is 12.9. The Kier molecular flexibility index (Phi) is 3.55. The molecule has 2 N–H and O–H groups in total. The third-order valence-electron chi connectivity index (χ3n) is 2.85. The molecule has 2 rings (SSSR count). The summed E-state index contributed by atoms with van der Waals surface area (Å²) < 4.78 is 12.9. The molecule has 0 saturated heterocycles. The van der Waals surface area contributed by atoms with Crippen molar-refractivity contribution in [2.24, 2.45) is 5.92 Å². The van der Waals surface area contributed by atoms with Gasteiger partial charge >= 0.3 is 5.97 Å². The number of carbonyl (C=O) groups is 2. The van der Waals surface area contributed by atoms with Crippen LogP contribution in [0, 0.1) is 11.9 Å². The van der Waals surface area contributed by atoms with Crippen molar-refractivity contribution >= 4 is 11.9 Å². The molecule has 0 radical (unpaired) electrons. The van der Waals surface area contributed by atoms with Gasteiger partial charge in [0.05, 0.1) is 6.42 Å². The summed E-state index contributed by atoms with van der Waals surface area (Å²) in [5, 5.41) is 11.4. The molecule has 0 aliphatic heterocycles. The van der Waals surface area contributed by atoms with Gasteiger partial charge in [0.2, 0.25) is 5.95 Å². The number of halogens is 1. The topological polar surface area (TPSA) is 79.3 Å². The minimum Gasteiger partial charge on any atom is -0.481 e. The molecule has 1 saturated carbocycles. The van der Waals surface area contributed by atoms with Crippen LogP contribution in [0.2, 0.25) is 0 Å². The van der Waals surface area contributed by atoms with Crippen LogP contribution in [0.25, 0.3) is 0 Å². The summed E-state index contributed by atoms with van der Waals surface area (Å²) in [5.74, 6) is -2.02. The molecule has 18 heavy (non-hydrogen) atoms. The summed E-state index contributed by atoms with van der Waals surface area (Å²) in [4.78, 5) is 25.9. The highest BCUT2D eigenvalue weighted by Gasteiger charge is 2.34. The number of amides is 1. The number of hydrogen-bond donors (Lipinski definition) is 2. The molecule has 1 aromatic rings. The molecular weight excluding hydrogens is 239 g/mol. The van der Waals surface area contributed by atoms with E-state index in [1.54, 1.807) is 0 Å². The van der Waals surface area contributed by atoms with Crippen LogP contribution < -0.4 is 5.32 Å². The van der Waals surface area contributed by atoms with Crippen molar-refractivity contribution in [3.63, 3.8) is 0 Å². The maximum Gasteiger partial charge on any atom is 0.305 e. The molecule has 0 aromatic carbocycles. The molecule has 6 heteroatoms. The molecule has 5 nitrogen and oxygen atoms in total. The van der Waals surface area contributed by atoms with E-state index in [-0.39, 0.29) is 18.0 Å². The van der Waals surface area contributed by atoms with E-state index in [1.165, 1.54) is 12.1 Å². The van der Waals surface area contributed by atoms with E-state index in [1.807, 2.05) is 0 Å². The molecule has 0 bridgehead atoms. The number of carbonyl (C=O) groups excluding carboxylic acids is 1. The SMILES string of the molecule is O=C(O)CC(NC(=O)c1cccc(F)n1)C1CC1. The van der Waals surface area contributed by atoms with Crippen molar-refractivity contribution in [2.75, 3.05) is 0 Å². The summed E-state index contributed by atoms with van der Waals surface area (Å²) in [7, 11) is 0. The van der Waals surface area contributed by atoms with E-state index in [9.17, 15) is 14.0 Å². The van der Waals surface area contributed by atoms with Gasteiger partial charge in [-0.3, -0.25) is 9.59 Å². The van der Waals surface area contributed by atoms with Crippen LogP contribution in [-0.2, 0) is 4.79 Å². The number of carboxylic acid groups (broad SMARTS) is 1. The molecule has 1 aliphatic rings. The van der Waals surface area contributed by atoms with Crippen LogP contribution in [0.1, 0.15) is 29.8 Å². The average Bonchev–Trinajstić information content (AvgIpc) is 3.11. The van der Waals surface area contributed by atoms with Gasteiger partial charge < -0.3 is 10.4 Å². The lowest BCUT2D eigenvalue weighted by Gasteiger charge is -2.15. The first kappa shape index (κ1) is 12.5. The minimum absolute atomic E-state index is 0.0361. The van der Waals surface area contributed by atoms with E-state index in [4.69, 9.17) is 5.11 Å². The molecule has 1 aromatic heterocycles. The number of nitrogens with one attached hydrogen (secondary N) is 1. The van der Waals surface area contributed by atoms with Crippen molar-refractivity contribution in [2.45, 2.75) is 25.3 Å². The first-order valence-corrected chi connectivity index (χ1v) is 5.71. The van der Waals surface area contributed by atoms with Crippen LogP contribution in [0.15, 0.2) is 18.2 Å². The zero-order chi connectivity index (χ0) is 13.1. The lowest BCUT2D eigenvalue weighted by atomic mass is 10.1. The molecule has 96 valence electrons. The molecule has 1 amide bonds. The first-order valence-electron chi connectivity index (χ1n) is 5.71. The van der Waals surface area contributed by atoms with Crippen molar-refractivity contribution < 1.29 is 19.1 Å². The fraction of sp³-hybridized carbons (Fsp3) is 0.417. The summed E-state index contributed by atoms with van der Waals surface area (Å²) in [6.45, 7) is 0. The maximum atomic E-state index is 12.9. The largest absolute Gasteiger partial charge is 0.481 e. The average molecular weight is 252 g/mol. The molecular formula is C12H13FN2O3. The van der Waals surface area contributed by atoms with Gasteiger partial charge in [0.25, 0.3) is 5.91 Å². The van der Waals surface area contributed by atoms with Crippen LogP contribution in [0.3, 0.4) is 0 Å². The Morgan fingerprint density at radius 3 is 2.78 bits per heavy atom. The minimum atomic E-state index is -0.959. The van der Waals surface area contributed by atoms with Gasteiger partial charge in [0.15, 0.2) is 0 Å². The normalized spacial score (nSPS) is 16.1. The van der Waals surface area contributed by atoms with Gasteiger partial charge in [-0.1, -0.05) is 6.07 Å². The van der Waals surface area contributed by atoms with Crippen molar-refractivity contribution in [3.05, 3.63) is 29.8 Å². The molecule has 1 heterocycles. The second-order valence-corrected chi connectivity index (χ2v) is 4.36. The monoisotopic (exact) mass is 252 g/mol. The van der Waals surface area contributed by atoms with Gasteiger partial charge in [0.1, 0.15) is 5.69 Å². The third-order valence-corrected chi connectivity index (χ3v) is 2.85. The standard InChI is InChI=1S/C12H13FN2O3/c13-10-3-1-2-8(14-10)12(18)15-9(6-11(16)17)7-4-5-7/h1-3,7,9H,4-6H2,(H,15,18)(H,16,17). The van der Waals surface area contributed by atoms with Crippen LogP contribution in [0.5, 0.6) is 0 Å². The van der Waals surface area contributed by atoms with E-state index < -0.39 is 23.9 Å². The van der Waals surface area contributed by atoms with Crippen LogP contribution in [0.4, 0.5) is 4.39 Å².